The highest BCUT2D eigenvalue weighted by molar-refractivity contribution is 5.85. The Balaban J connectivity index is 0. The molecule has 1 atom stereocenters. The predicted molar refractivity (Wildman–Crippen MR) is 62.9 cm³/mol. The van der Waals surface area contributed by atoms with E-state index in [9.17, 15) is 4.79 Å². The minimum absolute atomic E-state index is 0. The minimum atomic E-state index is -0.488. The van der Waals surface area contributed by atoms with Crippen LogP contribution in [-0.2, 0) is 4.74 Å². The first-order valence-electron chi connectivity index (χ1n) is 4.80. The lowest BCUT2D eigenvalue weighted by Gasteiger charge is -2.21. The fraction of sp³-hybridized carbons (Fsp3) is 0.889. The zero-order valence-corrected chi connectivity index (χ0v) is 10.4. The molecule has 0 spiro atoms. The van der Waals surface area contributed by atoms with Crippen LogP contribution in [0.5, 0.6) is 0 Å². The maximum absolute atomic E-state index is 11.2. The Morgan fingerprint density at radius 1 is 1.47 bits per heavy atom. The van der Waals surface area contributed by atoms with E-state index in [1.807, 2.05) is 0 Å². The molecule has 1 unspecified atom stereocenters. The second kappa shape index (κ2) is 7.73. The van der Waals surface area contributed by atoms with Gasteiger partial charge < -0.3 is 21.5 Å². The first-order valence-corrected chi connectivity index (χ1v) is 4.80. The molecular formula is C9H22ClN3O2. The molecule has 0 aliphatic carbocycles. The molecule has 15 heavy (non-hydrogen) atoms. The van der Waals surface area contributed by atoms with Gasteiger partial charge >= 0.3 is 6.09 Å². The lowest BCUT2D eigenvalue weighted by atomic mass is 10.2. The largest absolute Gasteiger partial charge is 0.444 e. The summed E-state index contributed by atoms with van der Waals surface area (Å²) >= 11 is 0. The van der Waals surface area contributed by atoms with Gasteiger partial charge in [-0.3, -0.25) is 0 Å². The molecule has 1 amide bonds. The Bertz CT molecular complexity index is 183. The van der Waals surface area contributed by atoms with Gasteiger partial charge in [0.15, 0.2) is 0 Å². The van der Waals surface area contributed by atoms with Gasteiger partial charge in [0.25, 0.3) is 0 Å². The number of alkyl carbamates (subject to hydrolysis) is 1. The van der Waals surface area contributed by atoms with E-state index in [1.165, 1.54) is 0 Å². The van der Waals surface area contributed by atoms with E-state index >= 15 is 0 Å². The molecule has 0 aliphatic rings. The number of hydrogen-bond donors (Lipinski definition) is 3. The van der Waals surface area contributed by atoms with E-state index in [-0.39, 0.29) is 18.6 Å². The van der Waals surface area contributed by atoms with E-state index < -0.39 is 11.7 Å². The number of nitrogens with one attached hydrogen (secondary N) is 1. The fourth-order valence-corrected chi connectivity index (χ4v) is 0.869. The number of nitrogens with two attached hydrogens (primary N) is 2. The van der Waals surface area contributed by atoms with Crippen molar-refractivity contribution in [2.75, 3.05) is 6.54 Å². The van der Waals surface area contributed by atoms with Crippen molar-refractivity contribution >= 4 is 18.5 Å². The smallest absolute Gasteiger partial charge is 0.408 e. The standard InChI is InChI=1S/C9H21N3O2.ClH/c1-9(2,3)14-8(13)12-7(11)5-4-6-10;/h7H,4-6,10-11H2,1-3H3,(H,12,13);1H. The lowest BCUT2D eigenvalue weighted by Crippen LogP contribution is -2.44. The summed E-state index contributed by atoms with van der Waals surface area (Å²) in [6.45, 7) is 5.98. The molecule has 0 aromatic carbocycles. The summed E-state index contributed by atoms with van der Waals surface area (Å²) in [6.07, 6.45) is 0.586. The summed E-state index contributed by atoms with van der Waals surface area (Å²) in [4.78, 5) is 11.2. The van der Waals surface area contributed by atoms with Crippen molar-refractivity contribution < 1.29 is 9.53 Å². The van der Waals surface area contributed by atoms with E-state index in [0.29, 0.717) is 13.0 Å². The van der Waals surface area contributed by atoms with Crippen LogP contribution in [0.3, 0.4) is 0 Å². The molecule has 0 rings (SSSR count). The van der Waals surface area contributed by atoms with Crippen LogP contribution in [-0.4, -0.2) is 24.4 Å². The molecule has 0 aliphatic heterocycles. The Hall–Kier alpha value is -0.520. The average molecular weight is 240 g/mol. The molecule has 5 nitrogen and oxygen atoms in total. The highest BCUT2D eigenvalue weighted by atomic mass is 35.5. The summed E-state index contributed by atoms with van der Waals surface area (Å²) in [5.74, 6) is 0. The van der Waals surface area contributed by atoms with E-state index in [0.717, 1.165) is 6.42 Å². The zero-order chi connectivity index (χ0) is 11.2. The Labute approximate surface area is 97.3 Å². The minimum Gasteiger partial charge on any atom is -0.444 e. The van der Waals surface area contributed by atoms with Crippen LogP contribution in [0.2, 0.25) is 0 Å². The van der Waals surface area contributed by atoms with Crippen LogP contribution in [0.4, 0.5) is 4.79 Å². The van der Waals surface area contributed by atoms with Gasteiger partial charge in [-0.15, -0.1) is 12.4 Å². The molecule has 92 valence electrons. The number of hydrogen-bond acceptors (Lipinski definition) is 4. The first kappa shape index (κ1) is 16.9. The third-order valence-corrected chi connectivity index (χ3v) is 1.42. The fourth-order valence-electron chi connectivity index (χ4n) is 0.869. The maximum Gasteiger partial charge on any atom is 0.408 e. The molecular weight excluding hydrogens is 218 g/mol. The summed E-state index contributed by atoms with van der Waals surface area (Å²) in [5, 5.41) is 2.53. The molecule has 0 aromatic rings. The van der Waals surface area contributed by atoms with Crippen LogP contribution >= 0.6 is 12.4 Å². The number of amides is 1. The second-order valence-corrected chi connectivity index (χ2v) is 4.18. The van der Waals surface area contributed by atoms with Gasteiger partial charge in [-0.1, -0.05) is 0 Å². The van der Waals surface area contributed by atoms with Gasteiger partial charge in [0.1, 0.15) is 5.60 Å². The molecule has 6 heteroatoms. The normalized spacial score (nSPS) is 12.6. The Kier molecular flexibility index (Phi) is 8.71. The molecule has 0 fully saturated rings. The molecule has 0 saturated heterocycles. The van der Waals surface area contributed by atoms with E-state index in [4.69, 9.17) is 16.2 Å². The Morgan fingerprint density at radius 2 is 2.00 bits per heavy atom. The van der Waals surface area contributed by atoms with Crippen molar-refractivity contribution in [3.8, 4) is 0 Å². The number of carbonyl (C=O) groups is 1. The quantitative estimate of drug-likeness (QED) is 0.638. The highest BCUT2D eigenvalue weighted by Crippen LogP contribution is 2.06. The summed E-state index contributed by atoms with van der Waals surface area (Å²) in [7, 11) is 0. The van der Waals surface area contributed by atoms with Crippen molar-refractivity contribution in [2.45, 2.75) is 45.4 Å². The van der Waals surface area contributed by atoms with Crippen LogP contribution < -0.4 is 16.8 Å². The van der Waals surface area contributed by atoms with Gasteiger partial charge in [-0.25, -0.2) is 4.79 Å². The van der Waals surface area contributed by atoms with Gasteiger partial charge in [0.2, 0.25) is 0 Å². The van der Waals surface area contributed by atoms with E-state index in [1.54, 1.807) is 20.8 Å². The van der Waals surface area contributed by atoms with Gasteiger partial charge in [0.05, 0.1) is 6.17 Å². The molecule has 0 heterocycles. The average Bonchev–Trinajstić information content (AvgIpc) is 1.96. The second-order valence-electron chi connectivity index (χ2n) is 4.18. The van der Waals surface area contributed by atoms with Gasteiger partial charge in [-0.2, -0.15) is 0 Å². The van der Waals surface area contributed by atoms with Crippen molar-refractivity contribution in [1.82, 2.24) is 5.32 Å². The van der Waals surface area contributed by atoms with Crippen LogP contribution in [0.1, 0.15) is 33.6 Å². The molecule has 0 bridgehead atoms. The first-order chi connectivity index (χ1) is 6.35. The van der Waals surface area contributed by atoms with Crippen molar-refractivity contribution in [2.24, 2.45) is 11.5 Å². The number of halogens is 1. The van der Waals surface area contributed by atoms with Crippen LogP contribution in [0.25, 0.3) is 0 Å². The van der Waals surface area contributed by atoms with Crippen LogP contribution in [0.15, 0.2) is 0 Å². The predicted octanol–water partition coefficient (Wildman–Crippen LogP) is 0.957. The molecule has 0 aromatic heterocycles. The van der Waals surface area contributed by atoms with Gasteiger partial charge in [-0.05, 0) is 40.2 Å². The van der Waals surface area contributed by atoms with Crippen molar-refractivity contribution in [3.63, 3.8) is 0 Å². The topological polar surface area (TPSA) is 90.4 Å². The number of ether oxygens (including phenoxy) is 1. The highest BCUT2D eigenvalue weighted by Gasteiger charge is 2.17. The van der Waals surface area contributed by atoms with Crippen LogP contribution in [0, 0.1) is 0 Å². The zero-order valence-electron chi connectivity index (χ0n) is 9.58. The number of rotatable bonds is 4. The van der Waals surface area contributed by atoms with E-state index in [2.05, 4.69) is 5.32 Å². The van der Waals surface area contributed by atoms with Crippen molar-refractivity contribution in [1.29, 1.82) is 0 Å². The monoisotopic (exact) mass is 239 g/mol. The third kappa shape index (κ3) is 11.4. The molecule has 5 N–H and O–H groups in total. The summed E-state index contributed by atoms with van der Waals surface area (Å²) < 4.78 is 5.03. The number of carbonyl (C=O) groups excluding carboxylic acids is 1. The third-order valence-electron chi connectivity index (χ3n) is 1.42. The molecule has 0 saturated carbocycles. The van der Waals surface area contributed by atoms with Crippen molar-refractivity contribution in [3.05, 3.63) is 0 Å². The lowest BCUT2D eigenvalue weighted by molar-refractivity contribution is 0.0503. The summed E-state index contributed by atoms with van der Waals surface area (Å²) in [6, 6.07) is 0. The molecule has 0 radical (unpaired) electrons. The Morgan fingerprint density at radius 3 is 2.40 bits per heavy atom. The van der Waals surface area contributed by atoms with Gasteiger partial charge in [0, 0.05) is 0 Å². The SMILES string of the molecule is CC(C)(C)OC(=O)NC(N)CCCN.Cl. The maximum atomic E-state index is 11.2. The summed E-state index contributed by atoms with van der Waals surface area (Å²) in [5.41, 5.74) is 10.4.